The molecule has 1 aromatic heterocycles. The fourth-order valence-electron chi connectivity index (χ4n) is 4.91. The smallest absolute Gasteiger partial charge is 0.338 e. The maximum Gasteiger partial charge on any atom is 0.338 e. The molecule has 5 rings (SSSR count). The number of amides is 1. The van der Waals surface area contributed by atoms with Crippen molar-refractivity contribution >= 4 is 18.1 Å². The van der Waals surface area contributed by atoms with Crippen LogP contribution in [0.1, 0.15) is 47.4 Å². The molecule has 216 valence electrons. The zero-order valence-electron chi connectivity index (χ0n) is 23.9. The van der Waals surface area contributed by atoms with Gasteiger partial charge in [0.2, 0.25) is 5.91 Å². The minimum Gasteiger partial charge on any atom is -0.462 e. The Hall–Kier alpha value is -5.27. The van der Waals surface area contributed by atoms with Crippen molar-refractivity contribution in [2.45, 2.75) is 25.9 Å². The maximum absolute atomic E-state index is 12.6. The zero-order chi connectivity index (χ0) is 30.0. The van der Waals surface area contributed by atoms with Crippen LogP contribution in [0.5, 0.6) is 0 Å². The number of nitrogens with zero attached hydrogens (tertiary/aromatic N) is 2. The van der Waals surface area contributed by atoms with Crippen LogP contribution in [0.2, 0.25) is 0 Å². The fourth-order valence-corrected chi connectivity index (χ4v) is 4.91. The highest BCUT2D eigenvalue weighted by atomic mass is 16.5. The summed E-state index contributed by atoms with van der Waals surface area (Å²) in [7, 11) is 0. The minimum atomic E-state index is -0.724. The molecule has 5 aromatic rings. The van der Waals surface area contributed by atoms with Gasteiger partial charge in [-0.05, 0) is 60.4 Å². The van der Waals surface area contributed by atoms with Gasteiger partial charge in [0.1, 0.15) is 0 Å². The molecule has 0 spiro atoms. The van der Waals surface area contributed by atoms with Crippen LogP contribution in [-0.4, -0.2) is 34.4 Å². The van der Waals surface area contributed by atoms with Crippen LogP contribution in [0.4, 0.5) is 0 Å². The van der Waals surface area contributed by atoms with Gasteiger partial charge in [0, 0.05) is 17.7 Å². The highest BCUT2D eigenvalue weighted by Crippen LogP contribution is 2.35. The van der Waals surface area contributed by atoms with Crippen LogP contribution < -0.4 is 5.43 Å². The maximum atomic E-state index is 12.6. The molecule has 1 amide bonds. The molecule has 7 nitrogen and oxygen atoms in total. The first kappa shape index (κ1) is 29.2. The number of carbonyl (C=O) groups excluding carboxylic acids is 2. The van der Waals surface area contributed by atoms with E-state index in [9.17, 15) is 14.7 Å². The lowest BCUT2D eigenvalue weighted by Crippen LogP contribution is -2.18. The number of ether oxygens (including phenoxy) is 1. The lowest BCUT2D eigenvalue weighted by molar-refractivity contribution is -0.121. The molecule has 4 aromatic carbocycles. The molecule has 1 heterocycles. The standard InChI is InChI=1S/C36H33N3O4/c1-2-43-36(42)29-18-20-31(21-19-29)39-32(26-12-6-3-7-13-26)24-30(35(39)28-16-10-5-11-17-28)25-37-38-34(41)23-22-33(40)27-14-8-4-9-15-27/h3-21,24-25,33,40H,2,22-23H2,1H3,(H,38,41)/b37-25-/t33-/m1/s1. The second kappa shape index (κ2) is 14.1. The van der Waals surface area contributed by atoms with Crippen LogP contribution >= 0.6 is 0 Å². The number of nitrogens with one attached hydrogen (secondary N) is 1. The lowest BCUT2D eigenvalue weighted by Gasteiger charge is -2.15. The Morgan fingerprint density at radius 3 is 2.09 bits per heavy atom. The third kappa shape index (κ3) is 7.15. The largest absolute Gasteiger partial charge is 0.462 e. The third-order valence-electron chi connectivity index (χ3n) is 7.01. The van der Waals surface area contributed by atoms with Crippen molar-refractivity contribution in [1.29, 1.82) is 0 Å². The van der Waals surface area contributed by atoms with Crippen molar-refractivity contribution < 1.29 is 19.4 Å². The van der Waals surface area contributed by atoms with Crippen molar-refractivity contribution in [3.05, 3.63) is 138 Å². The Bertz CT molecular complexity index is 1680. The van der Waals surface area contributed by atoms with Crippen LogP contribution in [0, 0.1) is 0 Å². The lowest BCUT2D eigenvalue weighted by atomic mass is 10.1. The SMILES string of the molecule is CCOC(=O)c1ccc(-n2c(-c3ccccc3)cc(/C=N\NC(=O)CC[C@@H](O)c3ccccc3)c2-c2ccccc2)cc1. The molecular weight excluding hydrogens is 538 g/mol. The number of hydrogen-bond donors (Lipinski definition) is 2. The molecule has 2 N–H and O–H groups in total. The van der Waals surface area contributed by atoms with Gasteiger partial charge in [-0.15, -0.1) is 0 Å². The number of rotatable bonds is 11. The first-order valence-corrected chi connectivity index (χ1v) is 14.2. The Labute approximate surface area is 251 Å². The number of esters is 1. The average molecular weight is 572 g/mol. The van der Waals surface area contributed by atoms with Crippen LogP contribution in [-0.2, 0) is 9.53 Å². The summed E-state index contributed by atoms with van der Waals surface area (Å²) in [5.41, 5.74) is 9.25. The molecule has 0 saturated carbocycles. The number of benzene rings is 4. The molecule has 0 saturated heterocycles. The number of aliphatic hydroxyl groups is 1. The molecule has 43 heavy (non-hydrogen) atoms. The number of aromatic nitrogens is 1. The predicted octanol–water partition coefficient (Wildman–Crippen LogP) is 6.95. The van der Waals surface area contributed by atoms with E-state index in [0.29, 0.717) is 12.2 Å². The number of aliphatic hydroxyl groups excluding tert-OH is 1. The van der Waals surface area contributed by atoms with E-state index in [1.807, 2.05) is 109 Å². The molecule has 0 aliphatic heterocycles. The molecule has 0 aliphatic carbocycles. The summed E-state index contributed by atoms with van der Waals surface area (Å²) in [6.07, 6.45) is 1.33. The number of hydrogen-bond acceptors (Lipinski definition) is 5. The Balaban J connectivity index is 1.48. The zero-order valence-corrected chi connectivity index (χ0v) is 23.9. The van der Waals surface area contributed by atoms with Gasteiger partial charge in [-0.2, -0.15) is 5.10 Å². The van der Waals surface area contributed by atoms with Gasteiger partial charge in [-0.1, -0.05) is 91.0 Å². The van der Waals surface area contributed by atoms with Gasteiger partial charge in [0.05, 0.1) is 35.9 Å². The number of carbonyl (C=O) groups is 2. The van der Waals surface area contributed by atoms with E-state index in [1.54, 1.807) is 25.3 Å². The topological polar surface area (TPSA) is 92.9 Å². The summed E-state index contributed by atoms with van der Waals surface area (Å²) in [6, 6.07) is 38.6. The second-order valence-corrected chi connectivity index (χ2v) is 9.93. The highest BCUT2D eigenvalue weighted by molar-refractivity contribution is 5.94. The normalized spacial score (nSPS) is 11.8. The van der Waals surface area contributed by atoms with E-state index in [-0.39, 0.29) is 24.7 Å². The van der Waals surface area contributed by atoms with Crippen molar-refractivity contribution in [2.75, 3.05) is 6.61 Å². The van der Waals surface area contributed by atoms with Gasteiger partial charge in [-0.3, -0.25) is 4.79 Å². The summed E-state index contributed by atoms with van der Waals surface area (Å²) in [5, 5.41) is 14.7. The highest BCUT2D eigenvalue weighted by Gasteiger charge is 2.19. The Kier molecular flexibility index (Phi) is 9.56. The summed E-state index contributed by atoms with van der Waals surface area (Å²) in [6.45, 7) is 2.09. The van der Waals surface area contributed by atoms with Crippen LogP contribution in [0.15, 0.2) is 126 Å². The molecule has 1 atom stereocenters. The van der Waals surface area contributed by atoms with Crippen LogP contribution in [0.3, 0.4) is 0 Å². The first-order valence-electron chi connectivity index (χ1n) is 14.2. The molecule has 0 bridgehead atoms. The van der Waals surface area contributed by atoms with E-state index in [4.69, 9.17) is 4.74 Å². The predicted molar refractivity (Wildman–Crippen MR) is 169 cm³/mol. The van der Waals surface area contributed by atoms with E-state index < -0.39 is 6.10 Å². The summed E-state index contributed by atoms with van der Waals surface area (Å²) >= 11 is 0. The summed E-state index contributed by atoms with van der Waals surface area (Å²) in [5.74, 6) is -0.655. The van der Waals surface area contributed by atoms with Gasteiger partial charge in [0.15, 0.2) is 0 Å². The average Bonchev–Trinajstić information content (AvgIpc) is 3.44. The van der Waals surface area contributed by atoms with Crippen molar-refractivity contribution in [2.24, 2.45) is 5.10 Å². The van der Waals surface area contributed by atoms with E-state index in [1.165, 1.54) is 0 Å². The molecule has 0 unspecified atom stereocenters. The first-order chi connectivity index (χ1) is 21.0. The van der Waals surface area contributed by atoms with E-state index >= 15 is 0 Å². The van der Waals surface area contributed by atoms with Gasteiger partial charge >= 0.3 is 5.97 Å². The van der Waals surface area contributed by atoms with Crippen molar-refractivity contribution in [3.8, 4) is 28.2 Å². The Morgan fingerprint density at radius 2 is 1.47 bits per heavy atom. The molecule has 7 heteroatoms. The molecule has 0 aliphatic rings. The molecule has 0 fully saturated rings. The Morgan fingerprint density at radius 1 is 0.860 bits per heavy atom. The van der Waals surface area contributed by atoms with E-state index in [0.717, 1.165) is 39.3 Å². The van der Waals surface area contributed by atoms with Crippen LogP contribution in [0.25, 0.3) is 28.2 Å². The fraction of sp³-hybridized carbons (Fsp3) is 0.139. The summed E-state index contributed by atoms with van der Waals surface area (Å²) < 4.78 is 7.29. The van der Waals surface area contributed by atoms with Gasteiger partial charge in [-0.25, -0.2) is 10.2 Å². The number of hydrazone groups is 1. The monoisotopic (exact) mass is 571 g/mol. The third-order valence-corrected chi connectivity index (χ3v) is 7.01. The van der Waals surface area contributed by atoms with Gasteiger partial charge < -0.3 is 14.4 Å². The van der Waals surface area contributed by atoms with Gasteiger partial charge in [0.25, 0.3) is 0 Å². The molecular formula is C36H33N3O4. The van der Waals surface area contributed by atoms with Crippen molar-refractivity contribution in [3.63, 3.8) is 0 Å². The van der Waals surface area contributed by atoms with E-state index in [2.05, 4.69) is 15.1 Å². The van der Waals surface area contributed by atoms with Crippen molar-refractivity contribution in [1.82, 2.24) is 9.99 Å². The molecule has 0 radical (unpaired) electrons. The minimum absolute atomic E-state index is 0.127. The summed E-state index contributed by atoms with van der Waals surface area (Å²) in [4.78, 5) is 24.9. The quantitative estimate of drug-likeness (QED) is 0.102. The second-order valence-electron chi connectivity index (χ2n) is 9.93.